The van der Waals surface area contributed by atoms with Crippen molar-refractivity contribution < 1.29 is 4.39 Å². The molecule has 1 aromatic carbocycles. The first kappa shape index (κ1) is 7.26. The van der Waals surface area contributed by atoms with Gasteiger partial charge in [-0.3, -0.25) is 0 Å². The summed E-state index contributed by atoms with van der Waals surface area (Å²) in [5, 5.41) is 0. The zero-order chi connectivity index (χ0) is 7.40. The highest BCUT2D eigenvalue weighted by Gasteiger charge is 1.97. The SMILES string of the molecule is CC(F)Cc1c[c]ccc1. The van der Waals surface area contributed by atoms with Crippen molar-refractivity contribution in [1.82, 2.24) is 0 Å². The minimum absolute atomic E-state index is 0.497. The average Bonchev–Trinajstić information content (AvgIpc) is 1.88. The molecule has 0 aromatic heterocycles. The molecule has 1 unspecified atom stereocenters. The third kappa shape index (κ3) is 2.18. The van der Waals surface area contributed by atoms with Crippen LogP contribution in [-0.4, -0.2) is 6.17 Å². The van der Waals surface area contributed by atoms with E-state index >= 15 is 0 Å². The fourth-order valence-corrected chi connectivity index (χ4v) is 0.882. The van der Waals surface area contributed by atoms with Crippen LogP contribution >= 0.6 is 0 Å². The summed E-state index contributed by atoms with van der Waals surface area (Å²) in [5.41, 5.74) is 1.01. The second-order valence-corrected chi connectivity index (χ2v) is 2.40. The lowest BCUT2D eigenvalue weighted by Gasteiger charge is -1.99. The predicted molar refractivity (Wildman–Crippen MR) is 39.6 cm³/mol. The van der Waals surface area contributed by atoms with Crippen LogP contribution in [0, 0.1) is 6.07 Å². The Labute approximate surface area is 60.7 Å². The van der Waals surface area contributed by atoms with E-state index in [4.69, 9.17) is 0 Å². The molecule has 1 aromatic rings. The Morgan fingerprint density at radius 1 is 1.70 bits per heavy atom. The Kier molecular flexibility index (Phi) is 2.43. The van der Waals surface area contributed by atoms with E-state index in [1.165, 1.54) is 0 Å². The van der Waals surface area contributed by atoms with Crippen LogP contribution in [0.15, 0.2) is 24.3 Å². The van der Waals surface area contributed by atoms with Crippen molar-refractivity contribution in [1.29, 1.82) is 0 Å². The van der Waals surface area contributed by atoms with E-state index in [1.54, 1.807) is 6.92 Å². The number of halogens is 1. The van der Waals surface area contributed by atoms with Crippen LogP contribution in [0.5, 0.6) is 0 Å². The zero-order valence-electron chi connectivity index (χ0n) is 5.97. The van der Waals surface area contributed by atoms with Gasteiger partial charge in [-0.1, -0.05) is 24.3 Å². The standard InChI is InChI=1S/C9H10F/c1-8(10)7-9-5-3-2-4-6-9/h2-3,5-6,8H,7H2,1H3. The summed E-state index contributed by atoms with van der Waals surface area (Å²) in [5.74, 6) is 0. The van der Waals surface area contributed by atoms with Crippen LogP contribution in [0.4, 0.5) is 4.39 Å². The maximum absolute atomic E-state index is 12.4. The second-order valence-electron chi connectivity index (χ2n) is 2.40. The summed E-state index contributed by atoms with van der Waals surface area (Å²) in [6, 6.07) is 10.3. The summed E-state index contributed by atoms with van der Waals surface area (Å²) >= 11 is 0. The van der Waals surface area contributed by atoms with Gasteiger partial charge in [-0.15, -0.1) is 0 Å². The first-order chi connectivity index (χ1) is 4.79. The number of alkyl halides is 1. The van der Waals surface area contributed by atoms with Gasteiger partial charge >= 0.3 is 0 Å². The van der Waals surface area contributed by atoms with Gasteiger partial charge in [0.05, 0.1) is 0 Å². The molecule has 0 bridgehead atoms. The quantitative estimate of drug-likeness (QED) is 0.587. The molecular formula is C9H10F. The van der Waals surface area contributed by atoms with E-state index in [9.17, 15) is 4.39 Å². The molecule has 1 rings (SSSR count). The van der Waals surface area contributed by atoms with Crippen molar-refractivity contribution >= 4 is 0 Å². The molecule has 0 N–H and O–H groups in total. The Morgan fingerprint density at radius 2 is 2.50 bits per heavy atom. The topological polar surface area (TPSA) is 0 Å². The number of hydrogen-bond donors (Lipinski definition) is 0. The Balaban J connectivity index is 2.59. The Bertz CT molecular complexity index is 179. The molecule has 0 aliphatic carbocycles. The fraction of sp³-hybridized carbons (Fsp3) is 0.333. The normalized spacial score (nSPS) is 13.0. The molecule has 0 saturated heterocycles. The first-order valence-corrected chi connectivity index (χ1v) is 3.38. The molecule has 10 heavy (non-hydrogen) atoms. The number of hydrogen-bond acceptors (Lipinski definition) is 0. The Hall–Kier alpha value is -0.850. The molecule has 0 heterocycles. The van der Waals surface area contributed by atoms with E-state index in [2.05, 4.69) is 6.07 Å². The van der Waals surface area contributed by atoms with Gasteiger partial charge in [-0.25, -0.2) is 4.39 Å². The lowest BCUT2D eigenvalue weighted by molar-refractivity contribution is 0.360. The van der Waals surface area contributed by atoms with Gasteiger partial charge in [0.2, 0.25) is 0 Å². The predicted octanol–water partition coefficient (Wildman–Crippen LogP) is 2.39. The molecule has 1 radical (unpaired) electrons. The van der Waals surface area contributed by atoms with Crippen LogP contribution in [0.2, 0.25) is 0 Å². The zero-order valence-corrected chi connectivity index (χ0v) is 5.97. The number of rotatable bonds is 2. The van der Waals surface area contributed by atoms with Crippen LogP contribution in [0.3, 0.4) is 0 Å². The average molecular weight is 137 g/mol. The van der Waals surface area contributed by atoms with E-state index in [1.807, 2.05) is 24.3 Å². The maximum Gasteiger partial charge on any atom is 0.101 e. The van der Waals surface area contributed by atoms with Gasteiger partial charge in [0, 0.05) is 6.42 Å². The van der Waals surface area contributed by atoms with Crippen molar-refractivity contribution in [2.75, 3.05) is 0 Å². The monoisotopic (exact) mass is 137 g/mol. The lowest BCUT2D eigenvalue weighted by atomic mass is 10.1. The summed E-state index contributed by atoms with van der Waals surface area (Å²) < 4.78 is 12.4. The van der Waals surface area contributed by atoms with Crippen LogP contribution < -0.4 is 0 Å². The third-order valence-corrected chi connectivity index (χ3v) is 1.29. The van der Waals surface area contributed by atoms with Crippen molar-refractivity contribution in [3.63, 3.8) is 0 Å². The van der Waals surface area contributed by atoms with Crippen molar-refractivity contribution in [2.45, 2.75) is 19.5 Å². The molecule has 0 aliphatic heterocycles. The highest BCUT2D eigenvalue weighted by atomic mass is 19.1. The van der Waals surface area contributed by atoms with Gasteiger partial charge in [0.15, 0.2) is 0 Å². The molecule has 0 fully saturated rings. The molecule has 0 saturated carbocycles. The van der Waals surface area contributed by atoms with E-state index in [-0.39, 0.29) is 0 Å². The van der Waals surface area contributed by atoms with Gasteiger partial charge < -0.3 is 0 Å². The van der Waals surface area contributed by atoms with Gasteiger partial charge in [-0.2, -0.15) is 0 Å². The number of benzene rings is 1. The molecule has 53 valence electrons. The fourth-order valence-electron chi connectivity index (χ4n) is 0.882. The van der Waals surface area contributed by atoms with Crippen molar-refractivity contribution in [2.24, 2.45) is 0 Å². The highest BCUT2D eigenvalue weighted by molar-refractivity contribution is 5.14. The van der Waals surface area contributed by atoms with E-state index < -0.39 is 6.17 Å². The molecule has 0 spiro atoms. The molecule has 1 atom stereocenters. The third-order valence-electron chi connectivity index (χ3n) is 1.29. The smallest absolute Gasteiger partial charge is 0.101 e. The summed E-state index contributed by atoms with van der Waals surface area (Å²) in [4.78, 5) is 0. The van der Waals surface area contributed by atoms with E-state index in [0.29, 0.717) is 6.42 Å². The molecule has 0 nitrogen and oxygen atoms in total. The summed E-state index contributed by atoms with van der Waals surface area (Å²) in [6.07, 6.45) is -0.257. The van der Waals surface area contributed by atoms with E-state index in [0.717, 1.165) is 5.56 Å². The Morgan fingerprint density at radius 3 is 3.00 bits per heavy atom. The lowest BCUT2D eigenvalue weighted by Crippen LogP contribution is -1.97. The largest absolute Gasteiger partial charge is 0.247 e. The second kappa shape index (κ2) is 3.35. The molecule has 0 aliphatic rings. The van der Waals surface area contributed by atoms with Crippen molar-refractivity contribution in [3.8, 4) is 0 Å². The maximum atomic E-state index is 12.4. The van der Waals surface area contributed by atoms with Crippen molar-refractivity contribution in [3.05, 3.63) is 35.9 Å². The minimum atomic E-state index is -0.754. The molecule has 1 heteroatoms. The van der Waals surface area contributed by atoms with Crippen LogP contribution in [-0.2, 0) is 6.42 Å². The van der Waals surface area contributed by atoms with Gasteiger partial charge in [0.25, 0.3) is 0 Å². The van der Waals surface area contributed by atoms with Crippen LogP contribution in [0.25, 0.3) is 0 Å². The molecule has 0 amide bonds. The minimum Gasteiger partial charge on any atom is -0.247 e. The van der Waals surface area contributed by atoms with Gasteiger partial charge in [0.1, 0.15) is 6.17 Å². The summed E-state index contributed by atoms with van der Waals surface area (Å²) in [7, 11) is 0. The summed E-state index contributed by atoms with van der Waals surface area (Å²) in [6.45, 7) is 1.56. The molecular weight excluding hydrogens is 127 g/mol. The van der Waals surface area contributed by atoms with Crippen LogP contribution in [0.1, 0.15) is 12.5 Å². The van der Waals surface area contributed by atoms with Gasteiger partial charge in [-0.05, 0) is 18.6 Å². The highest BCUT2D eigenvalue weighted by Crippen LogP contribution is 2.03. The first-order valence-electron chi connectivity index (χ1n) is 3.38.